The molecule has 3 saturated heterocycles. The Kier molecular flexibility index (Phi) is 8.49. The summed E-state index contributed by atoms with van der Waals surface area (Å²) in [5, 5.41) is 24.0. The monoisotopic (exact) mass is 690 g/mol. The van der Waals surface area contributed by atoms with Crippen molar-refractivity contribution >= 4 is 63.9 Å². The highest BCUT2D eigenvalue weighted by Crippen LogP contribution is 2.41. The van der Waals surface area contributed by atoms with Gasteiger partial charge in [0.1, 0.15) is 17.1 Å². The highest BCUT2D eigenvalue weighted by Gasteiger charge is 2.54. The van der Waals surface area contributed by atoms with Crippen molar-refractivity contribution in [2.45, 2.75) is 43.8 Å². The molecule has 2 aromatic heterocycles. The number of nitrogens with zero attached hydrogens (tertiary/aromatic N) is 6. The molecule has 0 unspecified atom stereocenters. The summed E-state index contributed by atoms with van der Waals surface area (Å²) in [6, 6.07) is -1.41. The van der Waals surface area contributed by atoms with Crippen LogP contribution in [-0.2, 0) is 30.5 Å². The summed E-state index contributed by atoms with van der Waals surface area (Å²) in [4.78, 5) is 83.2. The highest BCUT2D eigenvalue weighted by molar-refractivity contribution is 8.00. The summed E-state index contributed by atoms with van der Waals surface area (Å²) < 4.78 is 18.6. The summed E-state index contributed by atoms with van der Waals surface area (Å²) in [5.74, 6) is -4.02. The normalized spacial score (nSPS) is 23.8. The molecule has 21 heteroatoms. The molecule has 3 fully saturated rings. The van der Waals surface area contributed by atoms with Crippen LogP contribution in [0.2, 0.25) is 0 Å². The van der Waals surface area contributed by atoms with E-state index in [1.54, 1.807) is 4.90 Å². The van der Waals surface area contributed by atoms with Crippen LogP contribution < -0.4 is 16.9 Å². The second kappa shape index (κ2) is 12.5. The minimum absolute atomic E-state index is 0.0324. The molecule has 0 aromatic carbocycles. The maximum Gasteiger partial charge on any atom is 0.519 e. The zero-order valence-corrected chi connectivity index (χ0v) is 26.0. The highest BCUT2D eigenvalue weighted by atomic mass is 32.2. The molecule has 4 aliphatic rings. The van der Waals surface area contributed by atoms with E-state index in [0.717, 1.165) is 16.4 Å². The maximum absolute atomic E-state index is 13.4. The number of aromatic nitrogens is 2. The lowest BCUT2D eigenvalue weighted by Crippen LogP contribution is -2.71. The lowest BCUT2D eigenvalue weighted by Gasteiger charge is -2.49. The van der Waals surface area contributed by atoms with E-state index in [1.165, 1.54) is 29.7 Å². The first-order valence-electron chi connectivity index (χ1n) is 14.0. The minimum Gasteiger partial charge on any atom is -0.477 e. The molecular weight excluding hydrogens is 664 g/mol. The predicted molar refractivity (Wildman–Crippen MR) is 159 cm³/mol. The summed E-state index contributed by atoms with van der Waals surface area (Å²) in [7, 11) is 0. The third-order valence-electron chi connectivity index (χ3n) is 7.99. The fraction of sp³-hybridized carbons (Fsp3) is 0.423. The van der Waals surface area contributed by atoms with Crippen LogP contribution in [0.1, 0.15) is 30.2 Å². The first kappa shape index (κ1) is 31.8. The first-order chi connectivity index (χ1) is 22.5. The third kappa shape index (κ3) is 5.93. The van der Waals surface area contributed by atoms with Gasteiger partial charge < -0.3 is 44.7 Å². The maximum atomic E-state index is 13.4. The van der Waals surface area contributed by atoms with Crippen LogP contribution in [0.5, 0.6) is 0 Å². The standard InChI is InChI=1S/C26H26N8O11S2/c1-10-14(45-26(41)44-10)8-43-25(40)32-4-3-13(7-32)33-5-2-11(20(33)36)6-12-9-46-22-16(21(37)34(22)17(12)23(38)39)28-19(35)15(30-42)18-29-24(27)47-31-18/h6,13,16,22,42H,2-5,7-9H2,1H3,(H,28,35)(H,38,39)(H2,27,29,31)/b11-6-,30-15-/t13-,16-,22-/m1/s1. The fourth-order valence-electron chi connectivity index (χ4n) is 5.70. The molecule has 0 saturated carbocycles. The summed E-state index contributed by atoms with van der Waals surface area (Å²) in [6.45, 7) is 2.14. The van der Waals surface area contributed by atoms with Gasteiger partial charge in [-0.1, -0.05) is 5.16 Å². The van der Waals surface area contributed by atoms with Crippen molar-refractivity contribution < 1.29 is 47.9 Å². The molecular formula is C26H26N8O11S2. The molecule has 47 heavy (non-hydrogen) atoms. The average molecular weight is 691 g/mol. The van der Waals surface area contributed by atoms with Gasteiger partial charge in [-0.05, 0) is 31.4 Å². The topological polar surface area (TPSA) is 264 Å². The number of nitrogens with one attached hydrogen (secondary N) is 1. The van der Waals surface area contributed by atoms with Crippen LogP contribution in [0.3, 0.4) is 0 Å². The molecule has 248 valence electrons. The van der Waals surface area contributed by atoms with Crippen LogP contribution in [0.15, 0.2) is 41.7 Å². The minimum atomic E-state index is -1.38. The number of carbonyl (C=O) groups excluding carboxylic acids is 4. The van der Waals surface area contributed by atoms with Gasteiger partial charge in [0.05, 0.1) is 6.04 Å². The van der Waals surface area contributed by atoms with E-state index >= 15 is 0 Å². The number of oxime groups is 1. The molecule has 0 radical (unpaired) electrons. The molecule has 2 aromatic rings. The number of nitrogens with two attached hydrogens (primary N) is 1. The lowest BCUT2D eigenvalue weighted by atomic mass is 10.0. The van der Waals surface area contributed by atoms with Gasteiger partial charge in [0.25, 0.3) is 11.8 Å². The predicted octanol–water partition coefficient (Wildman–Crippen LogP) is -0.538. The molecule has 4 amide bonds. The number of carboxylic acids is 1. The van der Waals surface area contributed by atoms with Crippen molar-refractivity contribution in [3.05, 3.63) is 50.9 Å². The molecule has 0 aliphatic carbocycles. The number of hydrogen-bond donors (Lipinski definition) is 4. The van der Waals surface area contributed by atoms with Crippen molar-refractivity contribution in [3.63, 3.8) is 0 Å². The molecule has 6 rings (SSSR count). The SMILES string of the molecule is Cc1oc(=O)oc1COC(=O)N1CC[C@@H](N2CC/C(=C/C3=C(C(=O)O)N4C(=O)[C@@H](NC(=O)/C(=N\O)c5nsc(N)n5)[C@H]4SC3)C2=O)C1. The van der Waals surface area contributed by atoms with Gasteiger partial charge in [-0.3, -0.25) is 19.3 Å². The van der Waals surface area contributed by atoms with Gasteiger partial charge in [-0.15, -0.1) is 11.8 Å². The number of β-lactam (4-membered cyclic amide) rings is 1. The third-order valence-corrected chi connectivity index (χ3v) is 9.83. The number of fused-ring (bicyclic) bond motifs is 1. The van der Waals surface area contributed by atoms with E-state index < -0.39 is 46.8 Å². The zero-order chi connectivity index (χ0) is 33.6. The van der Waals surface area contributed by atoms with E-state index in [9.17, 15) is 39.1 Å². The van der Waals surface area contributed by atoms with Crippen molar-refractivity contribution in [2.24, 2.45) is 5.16 Å². The number of carbonyl (C=O) groups is 5. The number of aliphatic carboxylic acids is 1. The number of amides is 4. The van der Waals surface area contributed by atoms with E-state index in [4.69, 9.17) is 19.3 Å². The number of nitrogen functional groups attached to an aromatic ring is 1. The van der Waals surface area contributed by atoms with Crippen LogP contribution in [0.4, 0.5) is 9.93 Å². The molecule has 19 nitrogen and oxygen atoms in total. The summed E-state index contributed by atoms with van der Waals surface area (Å²) in [5.41, 5.74) is 5.29. The molecule has 4 aliphatic heterocycles. The Bertz CT molecular complexity index is 1830. The Morgan fingerprint density at radius 3 is 2.68 bits per heavy atom. The van der Waals surface area contributed by atoms with Crippen LogP contribution >= 0.6 is 23.3 Å². The number of hydrogen-bond acceptors (Lipinski definition) is 16. The average Bonchev–Trinajstić information content (AvgIpc) is 3.83. The molecule has 6 heterocycles. The van der Waals surface area contributed by atoms with E-state index in [0.29, 0.717) is 31.5 Å². The Morgan fingerprint density at radius 2 is 2.02 bits per heavy atom. The molecule has 5 N–H and O–H groups in total. The largest absolute Gasteiger partial charge is 0.519 e. The van der Waals surface area contributed by atoms with E-state index in [2.05, 4.69) is 19.8 Å². The van der Waals surface area contributed by atoms with Crippen LogP contribution in [-0.4, -0.2) is 113 Å². The zero-order valence-electron chi connectivity index (χ0n) is 24.4. The molecule has 0 spiro atoms. The van der Waals surface area contributed by atoms with E-state index in [1.807, 2.05) is 0 Å². The number of ether oxygens (including phenoxy) is 1. The fourth-order valence-corrected chi connectivity index (χ4v) is 7.44. The molecule has 0 bridgehead atoms. The van der Waals surface area contributed by atoms with Gasteiger partial charge in [0.15, 0.2) is 23.3 Å². The van der Waals surface area contributed by atoms with Gasteiger partial charge in [-0.2, -0.15) is 9.36 Å². The number of allylic oxidation sites excluding steroid dienone is 1. The number of carboxylic acid groups (broad SMARTS) is 1. The van der Waals surface area contributed by atoms with Crippen molar-refractivity contribution in [1.29, 1.82) is 0 Å². The van der Waals surface area contributed by atoms with Crippen LogP contribution in [0, 0.1) is 6.92 Å². The van der Waals surface area contributed by atoms with Crippen LogP contribution in [0.25, 0.3) is 0 Å². The van der Waals surface area contributed by atoms with Crippen molar-refractivity contribution in [1.82, 2.24) is 29.4 Å². The second-order valence-corrected chi connectivity index (χ2v) is 12.6. The van der Waals surface area contributed by atoms with E-state index in [-0.39, 0.29) is 64.6 Å². The van der Waals surface area contributed by atoms with Crippen molar-refractivity contribution in [3.8, 4) is 0 Å². The second-order valence-electron chi connectivity index (χ2n) is 10.7. The number of likely N-dealkylation sites (tertiary alicyclic amines) is 2. The van der Waals surface area contributed by atoms with Gasteiger partial charge >= 0.3 is 17.9 Å². The van der Waals surface area contributed by atoms with Crippen molar-refractivity contribution in [2.75, 3.05) is 31.1 Å². The van der Waals surface area contributed by atoms with Gasteiger partial charge in [0, 0.05) is 42.5 Å². The lowest BCUT2D eigenvalue weighted by molar-refractivity contribution is -0.150. The smallest absolute Gasteiger partial charge is 0.477 e. The Hall–Kier alpha value is -5.18. The number of anilines is 1. The first-order valence-corrected chi connectivity index (χ1v) is 15.8. The number of rotatable bonds is 8. The Morgan fingerprint density at radius 1 is 1.23 bits per heavy atom. The quantitative estimate of drug-likeness (QED) is 0.0891. The summed E-state index contributed by atoms with van der Waals surface area (Å²) in [6.07, 6.45) is 1.68. The number of thioether (sulfide) groups is 1. The Labute approximate surface area is 271 Å². The Balaban J connectivity index is 1.09. The summed E-state index contributed by atoms with van der Waals surface area (Å²) >= 11 is 1.97. The van der Waals surface area contributed by atoms with Gasteiger partial charge in [0.2, 0.25) is 17.4 Å². The molecule has 3 atom stereocenters. The number of aryl methyl sites for hydroxylation is 1. The van der Waals surface area contributed by atoms with Gasteiger partial charge in [-0.25, -0.2) is 14.4 Å².